The predicted molar refractivity (Wildman–Crippen MR) is 63.7 cm³/mol. The third-order valence-electron chi connectivity index (χ3n) is 2.25. The molecule has 1 rings (SSSR count). The summed E-state index contributed by atoms with van der Waals surface area (Å²) in [5.41, 5.74) is 5.41. The van der Waals surface area contributed by atoms with E-state index in [0.29, 0.717) is 0 Å². The fraction of sp³-hybridized carbons (Fsp3) is 0.273. The molecule has 0 aliphatic rings. The van der Waals surface area contributed by atoms with Crippen LogP contribution in [0.25, 0.3) is 0 Å². The van der Waals surface area contributed by atoms with Crippen LogP contribution >= 0.6 is 0 Å². The molecule has 0 saturated carbocycles. The van der Waals surface area contributed by atoms with Gasteiger partial charge in [-0.2, -0.15) is 13.2 Å². The van der Waals surface area contributed by atoms with Crippen molar-refractivity contribution in [3.8, 4) is 0 Å². The van der Waals surface area contributed by atoms with Gasteiger partial charge in [-0.05, 0) is 6.07 Å². The smallest absolute Gasteiger partial charge is 0.384 e. The largest absolute Gasteiger partial charge is 0.405 e. The number of rotatable bonds is 4. The van der Waals surface area contributed by atoms with Gasteiger partial charge in [0, 0.05) is 17.7 Å². The zero-order valence-electron chi connectivity index (χ0n) is 10.1. The van der Waals surface area contributed by atoms with Crippen molar-refractivity contribution in [1.29, 1.82) is 5.41 Å². The third-order valence-corrected chi connectivity index (χ3v) is 2.25. The first-order chi connectivity index (χ1) is 9.19. The Labute approximate surface area is 111 Å². The summed E-state index contributed by atoms with van der Waals surface area (Å²) in [4.78, 5) is 11.1. The monoisotopic (exact) mass is 292 g/mol. The van der Waals surface area contributed by atoms with Crippen molar-refractivity contribution >= 4 is 11.9 Å². The summed E-state index contributed by atoms with van der Waals surface area (Å²) >= 11 is 0. The first-order valence-corrected chi connectivity index (χ1v) is 5.40. The second-order valence-corrected chi connectivity index (χ2v) is 3.87. The number of benzene rings is 1. The molecule has 0 radical (unpaired) electrons. The number of amidine groups is 1. The molecule has 110 valence electrons. The molecule has 1 aromatic carbocycles. The van der Waals surface area contributed by atoms with Crippen molar-refractivity contribution in [1.82, 2.24) is 10.6 Å². The molecule has 0 unspecified atom stereocenters. The average Bonchev–Trinajstić information content (AvgIpc) is 2.33. The highest BCUT2D eigenvalue weighted by Crippen LogP contribution is 2.12. The van der Waals surface area contributed by atoms with E-state index in [9.17, 15) is 22.4 Å². The topological polar surface area (TPSA) is 91.0 Å². The number of carbonyl (C=O) groups is 1. The maximum Gasteiger partial charge on any atom is 0.405 e. The Morgan fingerprint density at radius 1 is 1.30 bits per heavy atom. The lowest BCUT2D eigenvalue weighted by Crippen LogP contribution is -2.40. The van der Waals surface area contributed by atoms with Gasteiger partial charge in [0.15, 0.2) is 0 Å². The Morgan fingerprint density at radius 3 is 2.45 bits per heavy atom. The van der Waals surface area contributed by atoms with E-state index in [1.165, 1.54) is 12.1 Å². The van der Waals surface area contributed by atoms with Crippen LogP contribution < -0.4 is 16.4 Å². The van der Waals surface area contributed by atoms with Crippen LogP contribution in [0.4, 0.5) is 22.4 Å². The molecule has 2 amide bonds. The summed E-state index contributed by atoms with van der Waals surface area (Å²) in [7, 11) is 0. The van der Waals surface area contributed by atoms with E-state index in [4.69, 9.17) is 11.1 Å². The van der Waals surface area contributed by atoms with Crippen LogP contribution in [0.5, 0.6) is 0 Å². The molecular formula is C11H12F4N4O. The van der Waals surface area contributed by atoms with Gasteiger partial charge >= 0.3 is 12.2 Å². The summed E-state index contributed by atoms with van der Waals surface area (Å²) in [6.45, 7) is -1.75. The molecule has 0 saturated heterocycles. The fourth-order valence-corrected chi connectivity index (χ4v) is 1.28. The van der Waals surface area contributed by atoms with E-state index in [0.717, 1.165) is 6.07 Å². The number of carbonyl (C=O) groups excluding carboxylic acids is 1. The second-order valence-electron chi connectivity index (χ2n) is 3.87. The van der Waals surface area contributed by atoms with Gasteiger partial charge in [0.25, 0.3) is 0 Å². The molecule has 0 heterocycles. The molecule has 0 aromatic heterocycles. The van der Waals surface area contributed by atoms with Crippen LogP contribution in [0, 0.1) is 11.2 Å². The van der Waals surface area contributed by atoms with Crippen LogP contribution in [0.15, 0.2) is 18.2 Å². The Kier molecular flexibility index (Phi) is 4.89. The van der Waals surface area contributed by atoms with Gasteiger partial charge in [0.1, 0.15) is 18.2 Å². The van der Waals surface area contributed by atoms with Gasteiger partial charge in [-0.3, -0.25) is 5.41 Å². The third kappa shape index (κ3) is 5.12. The Morgan fingerprint density at radius 2 is 1.95 bits per heavy atom. The standard InChI is InChI=1S/C11H12F4N4O/c12-8-3-6(9(16)17)1-2-7(8)4-18-10(20)19-5-11(13,14)15/h1-3H,4-5H2,(H3,16,17)(H2,18,19,20). The summed E-state index contributed by atoms with van der Waals surface area (Å²) in [5, 5.41) is 10.8. The molecule has 0 atom stereocenters. The minimum absolute atomic E-state index is 0.0668. The maximum absolute atomic E-state index is 13.5. The first-order valence-electron chi connectivity index (χ1n) is 5.40. The highest BCUT2D eigenvalue weighted by Gasteiger charge is 2.27. The number of urea groups is 1. The van der Waals surface area contributed by atoms with Crippen molar-refractivity contribution in [2.45, 2.75) is 12.7 Å². The Hall–Kier alpha value is -2.32. The fourth-order valence-electron chi connectivity index (χ4n) is 1.28. The van der Waals surface area contributed by atoms with Gasteiger partial charge in [-0.15, -0.1) is 0 Å². The zero-order valence-corrected chi connectivity index (χ0v) is 10.1. The van der Waals surface area contributed by atoms with E-state index in [2.05, 4.69) is 5.32 Å². The van der Waals surface area contributed by atoms with Crippen LogP contribution in [-0.2, 0) is 6.54 Å². The molecule has 20 heavy (non-hydrogen) atoms. The molecule has 0 aliphatic heterocycles. The van der Waals surface area contributed by atoms with E-state index in [-0.39, 0.29) is 23.5 Å². The molecule has 1 aromatic rings. The van der Waals surface area contributed by atoms with Crippen LogP contribution in [0.1, 0.15) is 11.1 Å². The maximum atomic E-state index is 13.5. The van der Waals surface area contributed by atoms with Gasteiger partial charge < -0.3 is 16.4 Å². The van der Waals surface area contributed by atoms with Crippen LogP contribution in [0.3, 0.4) is 0 Å². The van der Waals surface area contributed by atoms with Gasteiger partial charge in [0.2, 0.25) is 0 Å². The van der Waals surface area contributed by atoms with Gasteiger partial charge in [-0.1, -0.05) is 12.1 Å². The summed E-state index contributed by atoms with van der Waals surface area (Å²) in [5.74, 6) is -1.03. The molecule has 5 N–H and O–H groups in total. The quantitative estimate of drug-likeness (QED) is 0.384. The average molecular weight is 292 g/mol. The van der Waals surface area contributed by atoms with Crippen LogP contribution in [0.2, 0.25) is 0 Å². The van der Waals surface area contributed by atoms with E-state index in [1.54, 1.807) is 5.32 Å². The summed E-state index contributed by atoms with van der Waals surface area (Å²) < 4.78 is 49.0. The van der Waals surface area contributed by atoms with E-state index >= 15 is 0 Å². The molecule has 5 nitrogen and oxygen atoms in total. The molecule has 9 heteroatoms. The normalized spacial score (nSPS) is 11.0. The number of halogens is 4. The highest BCUT2D eigenvalue weighted by atomic mass is 19.4. The molecule has 0 aliphatic carbocycles. The molecule has 0 spiro atoms. The van der Waals surface area contributed by atoms with Crippen molar-refractivity contribution in [2.24, 2.45) is 5.73 Å². The minimum Gasteiger partial charge on any atom is -0.384 e. The van der Waals surface area contributed by atoms with Crippen molar-refractivity contribution in [3.05, 3.63) is 35.1 Å². The minimum atomic E-state index is -4.51. The molecular weight excluding hydrogens is 280 g/mol. The van der Waals surface area contributed by atoms with Gasteiger partial charge in [-0.25, -0.2) is 9.18 Å². The number of alkyl halides is 3. The van der Waals surface area contributed by atoms with E-state index in [1.807, 2.05) is 0 Å². The lowest BCUT2D eigenvalue weighted by Gasteiger charge is -2.10. The van der Waals surface area contributed by atoms with Gasteiger partial charge in [0.05, 0.1) is 0 Å². The predicted octanol–water partition coefficient (Wildman–Crippen LogP) is 1.47. The van der Waals surface area contributed by atoms with Crippen molar-refractivity contribution < 1.29 is 22.4 Å². The zero-order chi connectivity index (χ0) is 15.3. The lowest BCUT2D eigenvalue weighted by molar-refractivity contribution is -0.122. The SMILES string of the molecule is N=C(N)c1ccc(CNC(=O)NCC(F)(F)F)c(F)c1. The number of hydrogen-bond acceptors (Lipinski definition) is 2. The summed E-state index contributed by atoms with van der Waals surface area (Å²) in [6.07, 6.45) is -4.51. The number of nitrogens with one attached hydrogen (secondary N) is 3. The lowest BCUT2D eigenvalue weighted by atomic mass is 10.1. The highest BCUT2D eigenvalue weighted by molar-refractivity contribution is 5.94. The number of amides is 2. The Balaban J connectivity index is 2.54. The van der Waals surface area contributed by atoms with E-state index < -0.39 is 24.6 Å². The van der Waals surface area contributed by atoms with Crippen molar-refractivity contribution in [3.63, 3.8) is 0 Å². The summed E-state index contributed by atoms with van der Waals surface area (Å²) in [6, 6.07) is 2.61. The number of nitrogens with two attached hydrogens (primary N) is 1. The van der Waals surface area contributed by atoms with Crippen molar-refractivity contribution in [2.75, 3.05) is 6.54 Å². The molecule has 0 fully saturated rings. The van der Waals surface area contributed by atoms with Crippen LogP contribution in [-0.4, -0.2) is 24.6 Å². The first kappa shape index (κ1) is 15.7. The molecule has 0 bridgehead atoms. The Bertz CT molecular complexity index is 516. The number of hydrogen-bond donors (Lipinski definition) is 4. The number of nitrogen functional groups attached to an aromatic ring is 1. The second kappa shape index (κ2) is 6.22.